The zero-order valence-electron chi connectivity index (χ0n) is 9.35. The van der Waals surface area contributed by atoms with E-state index in [1.807, 2.05) is 0 Å². The van der Waals surface area contributed by atoms with E-state index in [0.717, 1.165) is 12.8 Å². The van der Waals surface area contributed by atoms with E-state index in [1.54, 1.807) is 12.3 Å². The second kappa shape index (κ2) is 5.44. The number of hydrogen-bond donors (Lipinski definition) is 0. The zero-order chi connectivity index (χ0) is 11.2. The van der Waals surface area contributed by atoms with Gasteiger partial charge in [0.15, 0.2) is 0 Å². The van der Waals surface area contributed by atoms with Gasteiger partial charge in [-0.15, -0.1) is 0 Å². The van der Waals surface area contributed by atoms with Crippen molar-refractivity contribution >= 4 is 0 Å². The van der Waals surface area contributed by atoms with Crippen molar-refractivity contribution in [3.8, 4) is 11.6 Å². The third-order valence-electron chi connectivity index (χ3n) is 2.37. The highest BCUT2D eigenvalue weighted by Crippen LogP contribution is 2.15. The smallest absolute Gasteiger partial charge is 0.241 e. The molecule has 0 fully saturated rings. The van der Waals surface area contributed by atoms with Crippen molar-refractivity contribution in [1.82, 2.24) is 15.3 Å². The summed E-state index contributed by atoms with van der Waals surface area (Å²) in [5.41, 5.74) is 0. The monoisotopic (exact) mass is 221 g/mol. The van der Waals surface area contributed by atoms with Crippen LogP contribution in [0, 0.1) is 0 Å². The van der Waals surface area contributed by atoms with Gasteiger partial charge in [-0.1, -0.05) is 36.5 Å². The maximum absolute atomic E-state index is 5.12. The molecule has 2 aromatic heterocycles. The molecular formula is C11H15N3O2. The van der Waals surface area contributed by atoms with Crippen molar-refractivity contribution in [2.45, 2.75) is 39.0 Å². The van der Waals surface area contributed by atoms with Gasteiger partial charge >= 0.3 is 0 Å². The van der Waals surface area contributed by atoms with Gasteiger partial charge in [-0.05, 0) is 6.42 Å². The van der Waals surface area contributed by atoms with Crippen LogP contribution in [0.1, 0.15) is 38.5 Å². The van der Waals surface area contributed by atoms with E-state index in [4.69, 9.17) is 9.05 Å². The van der Waals surface area contributed by atoms with E-state index >= 15 is 0 Å². The second-order valence-electron chi connectivity index (χ2n) is 3.70. The van der Waals surface area contributed by atoms with Crippen LogP contribution in [0.15, 0.2) is 21.3 Å². The Morgan fingerprint density at radius 3 is 2.88 bits per heavy atom. The average molecular weight is 221 g/mol. The Bertz CT molecular complexity index is 409. The molecule has 0 spiro atoms. The first-order chi connectivity index (χ1) is 7.90. The first-order valence-electron chi connectivity index (χ1n) is 5.64. The Morgan fingerprint density at radius 1 is 1.19 bits per heavy atom. The van der Waals surface area contributed by atoms with E-state index in [1.165, 1.54) is 19.3 Å². The van der Waals surface area contributed by atoms with Crippen molar-refractivity contribution in [3.05, 3.63) is 18.2 Å². The van der Waals surface area contributed by atoms with Crippen LogP contribution in [0.25, 0.3) is 11.6 Å². The van der Waals surface area contributed by atoms with Crippen LogP contribution in [-0.2, 0) is 6.42 Å². The number of hydrogen-bond acceptors (Lipinski definition) is 5. The fraction of sp³-hybridized carbons (Fsp3) is 0.545. The van der Waals surface area contributed by atoms with E-state index in [9.17, 15) is 0 Å². The van der Waals surface area contributed by atoms with Crippen LogP contribution in [-0.4, -0.2) is 15.3 Å². The summed E-state index contributed by atoms with van der Waals surface area (Å²) in [5, 5.41) is 7.44. The van der Waals surface area contributed by atoms with Gasteiger partial charge in [0.1, 0.15) is 0 Å². The molecule has 0 unspecified atom stereocenters. The topological polar surface area (TPSA) is 65.0 Å². The van der Waals surface area contributed by atoms with Crippen LogP contribution in [0.2, 0.25) is 0 Å². The summed E-state index contributed by atoms with van der Waals surface area (Å²) in [7, 11) is 0. The Hall–Kier alpha value is -1.65. The van der Waals surface area contributed by atoms with Gasteiger partial charge in [-0.3, -0.25) is 0 Å². The minimum Gasteiger partial charge on any atom is -0.353 e. The van der Waals surface area contributed by atoms with Gasteiger partial charge in [-0.2, -0.15) is 4.98 Å². The minimum absolute atomic E-state index is 0.475. The first kappa shape index (κ1) is 10.9. The lowest BCUT2D eigenvalue weighted by Gasteiger charge is -1.93. The van der Waals surface area contributed by atoms with Crippen molar-refractivity contribution < 1.29 is 9.05 Å². The number of rotatable bonds is 6. The minimum atomic E-state index is 0.475. The third kappa shape index (κ3) is 2.68. The van der Waals surface area contributed by atoms with Crippen LogP contribution >= 0.6 is 0 Å². The van der Waals surface area contributed by atoms with Crippen molar-refractivity contribution in [1.29, 1.82) is 0 Å². The quantitative estimate of drug-likeness (QED) is 0.702. The molecule has 0 aliphatic heterocycles. The molecule has 0 saturated heterocycles. The summed E-state index contributed by atoms with van der Waals surface area (Å²) >= 11 is 0. The fourth-order valence-electron chi connectivity index (χ4n) is 1.49. The molecule has 0 radical (unpaired) electrons. The predicted molar refractivity (Wildman–Crippen MR) is 57.6 cm³/mol. The van der Waals surface area contributed by atoms with E-state index in [-0.39, 0.29) is 0 Å². The highest BCUT2D eigenvalue weighted by molar-refractivity contribution is 5.43. The Labute approximate surface area is 93.8 Å². The summed E-state index contributed by atoms with van der Waals surface area (Å²) in [4.78, 5) is 4.24. The molecule has 2 aromatic rings. The fourth-order valence-corrected chi connectivity index (χ4v) is 1.49. The Kier molecular flexibility index (Phi) is 3.69. The van der Waals surface area contributed by atoms with Crippen LogP contribution in [0.3, 0.4) is 0 Å². The molecule has 0 aliphatic rings. The molecule has 0 N–H and O–H groups in total. The molecule has 0 bridgehead atoms. The molecule has 16 heavy (non-hydrogen) atoms. The molecule has 0 amide bonds. The van der Waals surface area contributed by atoms with Crippen molar-refractivity contribution in [2.24, 2.45) is 0 Å². The van der Waals surface area contributed by atoms with Crippen molar-refractivity contribution in [3.63, 3.8) is 0 Å². The summed E-state index contributed by atoms with van der Waals surface area (Å²) in [6.45, 7) is 2.19. The molecule has 5 heteroatoms. The summed E-state index contributed by atoms with van der Waals surface area (Å²) in [6, 6.07) is 1.71. The van der Waals surface area contributed by atoms with Gasteiger partial charge in [0.2, 0.25) is 17.5 Å². The highest BCUT2D eigenvalue weighted by atomic mass is 16.5. The van der Waals surface area contributed by atoms with Gasteiger partial charge in [0.05, 0.1) is 6.20 Å². The molecule has 0 atom stereocenters. The lowest BCUT2D eigenvalue weighted by Crippen LogP contribution is -1.86. The lowest BCUT2D eigenvalue weighted by molar-refractivity contribution is 0.370. The maximum Gasteiger partial charge on any atom is 0.241 e. The molecule has 5 nitrogen and oxygen atoms in total. The van der Waals surface area contributed by atoms with Crippen LogP contribution in [0.4, 0.5) is 0 Å². The second-order valence-corrected chi connectivity index (χ2v) is 3.70. The maximum atomic E-state index is 5.12. The van der Waals surface area contributed by atoms with Gasteiger partial charge in [0, 0.05) is 12.5 Å². The molecule has 2 rings (SSSR count). The molecular weight excluding hydrogens is 206 g/mol. The highest BCUT2D eigenvalue weighted by Gasteiger charge is 2.10. The van der Waals surface area contributed by atoms with E-state index < -0.39 is 0 Å². The number of unbranched alkanes of at least 4 members (excludes halogenated alkanes) is 3. The molecule has 0 aromatic carbocycles. The molecule has 86 valence electrons. The van der Waals surface area contributed by atoms with Gasteiger partial charge in [0.25, 0.3) is 0 Å². The SMILES string of the molecule is CCCCCCc1nc(-c2ccno2)no1. The largest absolute Gasteiger partial charge is 0.353 e. The number of aromatic nitrogens is 3. The van der Waals surface area contributed by atoms with E-state index in [2.05, 4.69) is 22.2 Å². The number of nitrogens with zero attached hydrogens (tertiary/aromatic N) is 3. The summed E-state index contributed by atoms with van der Waals surface area (Å²) in [6.07, 6.45) is 7.17. The van der Waals surface area contributed by atoms with Gasteiger partial charge in [-0.25, -0.2) is 0 Å². The first-order valence-corrected chi connectivity index (χ1v) is 5.64. The van der Waals surface area contributed by atoms with Crippen molar-refractivity contribution in [2.75, 3.05) is 0 Å². The molecule has 2 heterocycles. The number of aryl methyl sites for hydroxylation is 1. The zero-order valence-corrected chi connectivity index (χ0v) is 9.35. The third-order valence-corrected chi connectivity index (χ3v) is 2.37. The molecule has 0 saturated carbocycles. The summed E-state index contributed by atoms with van der Waals surface area (Å²) in [5.74, 6) is 1.69. The lowest BCUT2D eigenvalue weighted by atomic mass is 10.1. The average Bonchev–Trinajstić information content (AvgIpc) is 2.94. The normalized spacial score (nSPS) is 10.8. The standard InChI is InChI=1S/C11H15N3O2/c1-2-3-4-5-6-10-13-11(14-16-10)9-7-8-12-15-9/h7-8H,2-6H2,1H3. The molecule has 0 aliphatic carbocycles. The van der Waals surface area contributed by atoms with Crippen LogP contribution in [0.5, 0.6) is 0 Å². The van der Waals surface area contributed by atoms with E-state index in [0.29, 0.717) is 17.5 Å². The van der Waals surface area contributed by atoms with Gasteiger partial charge < -0.3 is 9.05 Å². The Balaban J connectivity index is 1.88. The van der Waals surface area contributed by atoms with Crippen LogP contribution < -0.4 is 0 Å². The summed E-state index contributed by atoms with van der Waals surface area (Å²) < 4.78 is 10.1. The predicted octanol–water partition coefficient (Wildman–Crippen LogP) is 2.85. The Morgan fingerprint density at radius 2 is 2.12 bits per heavy atom.